The highest BCUT2D eigenvalue weighted by Gasteiger charge is 2.37. The Bertz CT molecular complexity index is 746. The van der Waals surface area contributed by atoms with Gasteiger partial charge in [0.25, 0.3) is 0 Å². The number of rotatable bonds is 5. The molecule has 142 valence electrons. The number of Topliss-reactive ketones (excluding diaryl/α,β-unsaturated/α-hetero) is 1. The van der Waals surface area contributed by atoms with Gasteiger partial charge in [-0.05, 0) is 56.2 Å². The van der Waals surface area contributed by atoms with Crippen LogP contribution in [0, 0.1) is 12.8 Å². The van der Waals surface area contributed by atoms with Crippen LogP contribution in [0.2, 0.25) is 0 Å². The molecule has 26 heavy (non-hydrogen) atoms. The molecule has 2 aromatic heterocycles. The number of nitrogens with one attached hydrogen (secondary N) is 2. The highest BCUT2D eigenvalue weighted by Crippen LogP contribution is 2.29. The number of aryl methyl sites for hydroxylation is 2. The molecule has 0 saturated heterocycles. The summed E-state index contributed by atoms with van der Waals surface area (Å²) in [5.41, 5.74) is 2.97. The van der Waals surface area contributed by atoms with Crippen LogP contribution in [0.4, 0.5) is 0 Å². The molecule has 0 bridgehead atoms. The van der Waals surface area contributed by atoms with E-state index < -0.39 is 6.10 Å². The molecule has 0 aromatic carbocycles. The molecular formula is C19H25ClN2O3S. The van der Waals surface area contributed by atoms with Crippen LogP contribution in [0.15, 0.2) is 23.6 Å². The molecule has 0 spiro atoms. The smallest absolute Gasteiger partial charge is 0.174 e. The monoisotopic (exact) mass is 396 g/mol. The fraction of sp³-hybridized carbons (Fsp3) is 0.526. The molecule has 1 fully saturated rings. The summed E-state index contributed by atoms with van der Waals surface area (Å²) >= 11 is 1.54. The molecule has 5 nitrogen and oxygen atoms in total. The van der Waals surface area contributed by atoms with Crippen molar-refractivity contribution in [1.29, 1.82) is 0 Å². The number of halogens is 1. The van der Waals surface area contributed by atoms with Crippen LogP contribution in [0.3, 0.4) is 0 Å². The van der Waals surface area contributed by atoms with Gasteiger partial charge in [-0.1, -0.05) is 0 Å². The van der Waals surface area contributed by atoms with Crippen molar-refractivity contribution in [2.75, 3.05) is 6.54 Å². The summed E-state index contributed by atoms with van der Waals surface area (Å²) in [6, 6.07) is 5.82. The van der Waals surface area contributed by atoms with Crippen LogP contribution in [-0.2, 0) is 6.42 Å². The zero-order valence-electron chi connectivity index (χ0n) is 14.7. The van der Waals surface area contributed by atoms with Gasteiger partial charge in [0, 0.05) is 35.5 Å². The summed E-state index contributed by atoms with van der Waals surface area (Å²) in [4.78, 5) is 15.9. The number of aliphatic hydroxyl groups is 1. The van der Waals surface area contributed by atoms with Crippen molar-refractivity contribution in [1.82, 2.24) is 10.3 Å². The molecule has 0 aliphatic heterocycles. The van der Waals surface area contributed by atoms with Crippen LogP contribution in [0.1, 0.15) is 41.0 Å². The largest absolute Gasteiger partial charge is 0.478 e. The van der Waals surface area contributed by atoms with Gasteiger partial charge in [0.15, 0.2) is 10.8 Å². The maximum absolute atomic E-state index is 12.6. The molecule has 3 N–H and O–H groups in total. The van der Waals surface area contributed by atoms with Gasteiger partial charge in [-0.3, -0.25) is 4.79 Å². The number of hydrogen-bond acceptors (Lipinski definition) is 5. The molecule has 0 radical (unpaired) electrons. The fourth-order valence-corrected chi connectivity index (χ4v) is 4.62. The van der Waals surface area contributed by atoms with E-state index in [-0.39, 0.29) is 36.3 Å². The molecule has 2 heterocycles. The Kier molecular flexibility index (Phi) is 6.07. The van der Waals surface area contributed by atoms with E-state index >= 15 is 0 Å². The lowest BCUT2D eigenvalue weighted by Gasteiger charge is -2.25. The highest BCUT2D eigenvalue weighted by molar-refractivity contribution is 7.11. The zero-order chi connectivity index (χ0) is 17.4. The van der Waals surface area contributed by atoms with Gasteiger partial charge in [0.05, 0.1) is 0 Å². The molecule has 4 unspecified atom stereocenters. The number of aliphatic hydroxyl groups excluding tert-OH is 1. The van der Waals surface area contributed by atoms with Crippen LogP contribution in [0.25, 0.3) is 0 Å². The second kappa shape index (κ2) is 8.13. The van der Waals surface area contributed by atoms with Gasteiger partial charge in [-0.2, -0.15) is 0 Å². The van der Waals surface area contributed by atoms with Crippen molar-refractivity contribution in [3.8, 4) is 5.06 Å². The SMILES string of the molecule is Cc1cc2c([nH]1)CCC(CNC1CCC(Oc3cccs3)C1O)C2=O.Cl. The van der Waals surface area contributed by atoms with Crippen molar-refractivity contribution in [2.24, 2.45) is 5.92 Å². The topological polar surface area (TPSA) is 74.3 Å². The zero-order valence-corrected chi connectivity index (χ0v) is 16.4. The Morgan fingerprint density at radius 2 is 2.23 bits per heavy atom. The minimum Gasteiger partial charge on any atom is -0.478 e. The predicted octanol–water partition coefficient (Wildman–Crippen LogP) is 3.11. The summed E-state index contributed by atoms with van der Waals surface area (Å²) in [5.74, 6) is 0.212. The molecule has 2 aliphatic rings. The molecule has 7 heteroatoms. The van der Waals surface area contributed by atoms with E-state index in [9.17, 15) is 9.90 Å². The maximum atomic E-state index is 12.6. The van der Waals surface area contributed by atoms with Crippen molar-refractivity contribution >= 4 is 29.5 Å². The standard InChI is InChI=1S/C19H24N2O3S.ClH/c1-11-9-13-14(21-11)5-4-12(18(13)22)10-20-15-6-7-16(19(15)23)24-17-3-2-8-25-17;/h2-3,8-9,12,15-16,19-21,23H,4-7,10H2,1H3;1H. The predicted molar refractivity (Wildman–Crippen MR) is 105 cm³/mol. The van der Waals surface area contributed by atoms with Crippen LogP contribution < -0.4 is 10.1 Å². The number of hydrogen-bond donors (Lipinski definition) is 3. The summed E-state index contributed by atoms with van der Waals surface area (Å²) < 4.78 is 5.88. The first-order valence-electron chi connectivity index (χ1n) is 8.96. The Morgan fingerprint density at radius 3 is 3.00 bits per heavy atom. The number of aromatic amines is 1. The lowest BCUT2D eigenvalue weighted by atomic mass is 9.86. The molecular weight excluding hydrogens is 372 g/mol. The number of ether oxygens (including phenoxy) is 1. The molecule has 4 rings (SSSR count). The number of ketones is 1. The normalized spacial score (nSPS) is 27.8. The van der Waals surface area contributed by atoms with Crippen LogP contribution >= 0.6 is 23.7 Å². The van der Waals surface area contributed by atoms with E-state index in [1.165, 1.54) is 0 Å². The van der Waals surface area contributed by atoms with E-state index in [1.807, 2.05) is 30.5 Å². The average molecular weight is 397 g/mol. The molecule has 1 saturated carbocycles. The van der Waals surface area contributed by atoms with E-state index in [1.54, 1.807) is 11.3 Å². The summed E-state index contributed by atoms with van der Waals surface area (Å²) in [6.07, 6.45) is 2.77. The third-order valence-electron chi connectivity index (χ3n) is 5.36. The lowest BCUT2D eigenvalue weighted by molar-refractivity contribution is 0.0462. The number of fused-ring (bicyclic) bond motifs is 1. The van der Waals surface area contributed by atoms with Gasteiger partial charge < -0.3 is 20.1 Å². The third-order valence-corrected chi connectivity index (χ3v) is 6.12. The minimum absolute atomic E-state index is 0. The van der Waals surface area contributed by atoms with Crippen LogP contribution in [-0.4, -0.2) is 40.7 Å². The quantitative estimate of drug-likeness (QED) is 0.726. The Labute approximate surface area is 163 Å². The maximum Gasteiger partial charge on any atom is 0.174 e. The molecule has 2 aromatic rings. The second-order valence-corrected chi connectivity index (χ2v) is 8.03. The first kappa shape index (κ1) is 19.4. The number of carbonyl (C=O) groups is 1. The fourth-order valence-electron chi connectivity index (χ4n) is 4.00. The van der Waals surface area contributed by atoms with Crippen LogP contribution in [0.5, 0.6) is 5.06 Å². The van der Waals surface area contributed by atoms with Gasteiger partial charge in [-0.25, -0.2) is 0 Å². The first-order valence-corrected chi connectivity index (χ1v) is 9.84. The second-order valence-electron chi connectivity index (χ2n) is 7.12. The number of thiophene rings is 1. The Balaban J connectivity index is 0.00000196. The van der Waals surface area contributed by atoms with Crippen molar-refractivity contribution < 1.29 is 14.6 Å². The van der Waals surface area contributed by atoms with E-state index in [2.05, 4.69) is 10.3 Å². The van der Waals surface area contributed by atoms with Crippen molar-refractivity contribution in [3.05, 3.63) is 40.5 Å². The lowest BCUT2D eigenvalue weighted by Crippen LogP contribution is -2.44. The molecule has 4 atom stereocenters. The summed E-state index contributed by atoms with van der Waals surface area (Å²) in [6.45, 7) is 2.61. The summed E-state index contributed by atoms with van der Waals surface area (Å²) in [7, 11) is 0. The first-order chi connectivity index (χ1) is 12.1. The van der Waals surface area contributed by atoms with Gasteiger partial charge >= 0.3 is 0 Å². The number of aromatic nitrogens is 1. The molecule has 2 aliphatic carbocycles. The summed E-state index contributed by atoms with van der Waals surface area (Å²) in [5, 5.41) is 16.8. The van der Waals surface area contributed by atoms with Gasteiger partial charge in [0.2, 0.25) is 0 Å². The third kappa shape index (κ3) is 3.83. The number of carbonyl (C=O) groups excluding carboxylic acids is 1. The highest BCUT2D eigenvalue weighted by atomic mass is 35.5. The van der Waals surface area contributed by atoms with E-state index in [0.717, 1.165) is 47.7 Å². The Morgan fingerprint density at radius 1 is 1.38 bits per heavy atom. The van der Waals surface area contributed by atoms with E-state index in [4.69, 9.17) is 4.74 Å². The molecule has 0 amide bonds. The van der Waals surface area contributed by atoms with Crippen molar-refractivity contribution in [2.45, 2.75) is 50.9 Å². The average Bonchev–Trinajstić information content (AvgIpc) is 3.30. The minimum atomic E-state index is -0.536. The van der Waals surface area contributed by atoms with Crippen molar-refractivity contribution in [3.63, 3.8) is 0 Å². The van der Waals surface area contributed by atoms with E-state index in [0.29, 0.717) is 6.54 Å². The van der Waals surface area contributed by atoms with Gasteiger partial charge in [0.1, 0.15) is 12.2 Å². The van der Waals surface area contributed by atoms with Gasteiger partial charge in [-0.15, -0.1) is 23.7 Å². The number of H-pyrrole nitrogens is 1. The Hall–Kier alpha value is -1.34.